The maximum absolute atomic E-state index is 11.0. The van der Waals surface area contributed by atoms with Crippen molar-refractivity contribution in [2.45, 2.75) is 12.7 Å². The van der Waals surface area contributed by atoms with E-state index in [4.69, 9.17) is 14.9 Å². The van der Waals surface area contributed by atoms with Crippen molar-refractivity contribution in [3.63, 3.8) is 0 Å². The van der Waals surface area contributed by atoms with Crippen LogP contribution < -0.4 is 4.74 Å². The third-order valence-electron chi connectivity index (χ3n) is 1.47. The first kappa shape index (κ1) is 11.9. The van der Waals surface area contributed by atoms with E-state index < -0.39 is 12.3 Å². The molecule has 0 radical (unpaired) electrons. The van der Waals surface area contributed by atoms with Crippen LogP contribution in [0.2, 0.25) is 0 Å². The summed E-state index contributed by atoms with van der Waals surface area (Å²) in [6, 6.07) is 0. The summed E-state index contributed by atoms with van der Waals surface area (Å²) in [5.41, 5.74) is 0. The molecule has 0 saturated heterocycles. The fraction of sp³-hybridized carbons (Fsp3) is 0.500. The molecule has 7 heteroatoms. The number of aliphatic hydroxyl groups excluding tert-OH is 1. The molecule has 1 heterocycles. The first-order valence-corrected chi connectivity index (χ1v) is 4.98. The molecule has 0 aliphatic heterocycles. The second-order valence-corrected chi connectivity index (χ2v) is 3.59. The Morgan fingerprint density at radius 2 is 2.40 bits per heavy atom. The van der Waals surface area contributed by atoms with E-state index in [0.717, 1.165) is 11.3 Å². The molecular formula is C8H11NO5S. The number of aromatic nitrogens is 1. The molecule has 0 amide bonds. The normalized spacial score (nSPS) is 10.4. The van der Waals surface area contributed by atoms with E-state index in [-0.39, 0.29) is 13.0 Å². The Balaban J connectivity index is 2.43. The van der Waals surface area contributed by atoms with Gasteiger partial charge in [0.05, 0.1) is 19.9 Å². The molecule has 0 aromatic carbocycles. The lowest BCUT2D eigenvalue weighted by atomic mass is 10.4. The van der Waals surface area contributed by atoms with Crippen molar-refractivity contribution in [1.82, 2.24) is 4.98 Å². The van der Waals surface area contributed by atoms with E-state index in [1.54, 1.807) is 0 Å². The molecule has 0 spiro atoms. The molecular weight excluding hydrogens is 222 g/mol. The Kier molecular flexibility index (Phi) is 4.47. The quantitative estimate of drug-likeness (QED) is 0.550. The highest BCUT2D eigenvalue weighted by atomic mass is 32.1. The first-order valence-electron chi connectivity index (χ1n) is 4.16. The van der Waals surface area contributed by atoms with Crippen molar-refractivity contribution in [2.24, 2.45) is 0 Å². The van der Waals surface area contributed by atoms with Crippen LogP contribution in [0, 0.1) is 0 Å². The van der Waals surface area contributed by atoms with E-state index >= 15 is 0 Å². The van der Waals surface area contributed by atoms with Gasteiger partial charge in [0.1, 0.15) is 4.88 Å². The van der Waals surface area contributed by atoms with Gasteiger partial charge in [0.2, 0.25) is 0 Å². The highest BCUT2D eigenvalue weighted by molar-refractivity contribution is 7.15. The van der Waals surface area contributed by atoms with E-state index in [0.29, 0.717) is 10.1 Å². The molecule has 1 aromatic heterocycles. The molecule has 0 aliphatic carbocycles. The molecule has 0 aliphatic rings. The summed E-state index contributed by atoms with van der Waals surface area (Å²) in [5, 5.41) is 17.4. The number of methoxy groups -OCH3 is 1. The summed E-state index contributed by atoms with van der Waals surface area (Å²) in [6.07, 6.45) is 0.0407. The Hall–Kier alpha value is -1.18. The van der Waals surface area contributed by atoms with Gasteiger partial charge in [-0.2, -0.15) is 0 Å². The van der Waals surface area contributed by atoms with Crippen LogP contribution in [0.4, 0.5) is 0 Å². The minimum absolute atomic E-state index is 0.0904. The Morgan fingerprint density at radius 3 is 3.00 bits per heavy atom. The van der Waals surface area contributed by atoms with Crippen molar-refractivity contribution in [2.75, 3.05) is 13.7 Å². The highest BCUT2D eigenvalue weighted by Crippen LogP contribution is 2.21. The zero-order chi connectivity index (χ0) is 11.3. The highest BCUT2D eigenvalue weighted by Gasteiger charge is 2.11. The monoisotopic (exact) mass is 233 g/mol. The van der Waals surface area contributed by atoms with Gasteiger partial charge in [-0.1, -0.05) is 11.3 Å². The molecule has 0 bridgehead atoms. The number of nitrogens with zero attached hydrogens (tertiary/aromatic N) is 1. The SMILES string of the molecule is COC(=O)c1cnc(OCCC(O)O)s1. The zero-order valence-corrected chi connectivity index (χ0v) is 8.86. The summed E-state index contributed by atoms with van der Waals surface area (Å²) in [4.78, 5) is 15.2. The molecule has 84 valence electrons. The van der Waals surface area contributed by atoms with Crippen molar-refractivity contribution in [1.29, 1.82) is 0 Å². The van der Waals surface area contributed by atoms with Gasteiger partial charge in [0.15, 0.2) is 6.29 Å². The lowest BCUT2D eigenvalue weighted by Gasteiger charge is -2.02. The van der Waals surface area contributed by atoms with Gasteiger partial charge in [-0.25, -0.2) is 9.78 Å². The molecule has 0 fully saturated rings. The summed E-state index contributed by atoms with van der Waals surface area (Å²) in [6.45, 7) is 0.131. The van der Waals surface area contributed by atoms with E-state index in [1.165, 1.54) is 13.3 Å². The minimum atomic E-state index is -1.40. The number of aliphatic hydroxyl groups is 2. The third kappa shape index (κ3) is 3.82. The average molecular weight is 233 g/mol. The average Bonchev–Trinajstić information content (AvgIpc) is 2.65. The number of carbonyl (C=O) groups excluding carboxylic acids is 1. The fourth-order valence-electron chi connectivity index (χ4n) is 0.771. The predicted molar refractivity (Wildman–Crippen MR) is 51.8 cm³/mol. The lowest BCUT2D eigenvalue weighted by molar-refractivity contribution is -0.0519. The standard InChI is InChI=1S/C8H11NO5S/c1-13-7(12)5-4-9-8(15-5)14-3-2-6(10)11/h4,6,10-11H,2-3H2,1H3. The first-order chi connectivity index (χ1) is 7.13. The predicted octanol–water partition coefficient (Wildman–Crippen LogP) is 0.00930. The molecule has 0 unspecified atom stereocenters. The van der Waals surface area contributed by atoms with Crippen LogP contribution in [0.5, 0.6) is 5.19 Å². The molecule has 15 heavy (non-hydrogen) atoms. The van der Waals surface area contributed by atoms with Crippen LogP contribution in [0.25, 0.3) is 0 Å². The van der Waals surface area contributed by atoms with E-state index in [2.05, 4.69) is 9.72 Å². The van der Waals surface area contributed by atoms with Gasteiger partial charge in [0, 0.05) is 6.42 Å². The van der Waals surface area contributed by atoms with E-state index in [1.807, 2.05) is 0 Å². The smallest absolute Gasteiger partial charge is 0.349 e. The van der Waals surface area contributed by atoms with Crippen LogP contribution in [0.3, 0.4) is 0 Å². The number of carbonyl (C=O) groups is 1. The summed E-state index contributed by atoms with van der Waals surface area (Å²) in [7, 11) is 1.28. The maximum atomic E-state index is 11.0. The summed E-state index contributed by atoms with van der Waals surface area (Å²) in [5.74, 6) is -0.468. The Labute approximate surface area is 90.1 Å². The van der Waals surface area contributed by atoms with Crippen molar-refractivity contribution < 1.29 is 24.5 Å². The van der Waals surface area contributed by atoms with E-state index in [9.17, 15) is 4.79 Å². The lowest BCUT2D eigenvalue weighted by Crippen LogP contribution is -2.10. The fourth-order valence-corrected chi connectivity index (χ4v) is 1.48. The number of ether oxygens (including phenoxy) is 2. The number of hydrogen-bond donors (Lipinski definition) is 2. The molecule has 1 rings (SSSR count). The zero-order valence-electron chi connectivity index (χ0n) is 8.04. The van der Waals surface area contributed by atoms with Crippen LogP contribution in [0.15, 0.2) is 6.20 Å². The van der Waals surface area contributed by atoms with Crippen LogP contribution >= 0.6 is 11.3 Å². The number of esters is 1. The van der Waals surface area contributed by atoms with Crippen LogP contribution in [-0.2, 0) is 4.74 Å². The van der Waals surface area contributed by atoms with Crippen LogP contribution in [0.1, 0.15) is 16.1 Å². The van der Waals surface area contributed by atoms with Gasteiger partial charge in [0.25, 0.3) is 5.19 Å². The number of hydrogen-bond acceptors (Lipinski definition) is 7. The van der Waals surface area contributed by atoms with Crippen molar-refractivity contribution in [3.05, 3.63) is 11.1 Å². The van der Waals surface area contributed by atoms with Crippen molar-refractivity contribution in [3.8, 4) is 5.19 Å². The van der Waals surface area contributed by atoms with Crippen LogP contribution in [-0.4, -0.2) is 41.2 Å². The summed E-state index contributed by atoms with van der Waals surface area (Å²) < 4.78 is 9.56. The Morgan fingerprint density at radius 1 is 1.67 bits per heavy atom. The van der Waals surface area contributed by atoms with Gasteiger partial charge >= 0.3 is 5.97 Å². The molecule has 1 aromatic rings. The molecule has 6 nitrogen and oxygen atoms in total. The minimum Gasteiger partial charge on any atom is -0.470 e. The molecule has 2 N–H and O–H groups in total. The van der Waals surface area contributed by atoms with Gasteiger partial charge in [-0.3, -0.25) is 0 Å². The van der Waals surface area contributed by atoms with Crippen molar-refractivity contribution >= 4 is 17.3 Å². The number of rotatable bonds is 5. The summed E-state index contributed by atoms with van der Waals surface area (Å²) >= 11 is 1.05. The third-order valence-corrected chi connectivity index (χ3v) is 2.36. The topological polar surface area (TPSA) is 88.9 Å². The largest absolute Gasteiger partial charge is 0.470 e. The molecule has 0 saturated carbocycles. The second-order valence-electron chi connectivity index (χ2n) is 2.60. The van der Waals surface area contributed by atoms with Gasteiger partial charge < -0.3 is 19.7 Å². The van der Waals surface area contributed by atoms with Gasteiger partial charge in [-0.05, 0) is 0 Å². The second kappa shape index (κ2) is 5.64. The maximum Gasteiger partial charge on any atom is 0.349 e. The Bertz CT molecular complexity index is 325. The molecule has 0 atom stereocenters. The number of thiazole rings is 1. The van der Waals surface area contributed by atoms with Gasteiger partial charge in [-0.15, -0.1) is 0 Å².